The summed E-state index contributed by atoms with van der Waals surface area (Å²) in [6, 6.07) is 0.276. The number of nitrogens with zero attached hydrogens (tertiary/aromatic N) is 1. The third-order valence-electron chi connectivity index (χ3n) is 4.54. The van der Waals surface area contributed by atoms with Crippen molar-refractivity contribution in [2.24, 2.45) is 17.3 Å². The second-order valence-electron chi connectivity index (χ2n) is 7.95. The van der Waals surface area contributed by atoms with E-state index < -0.39 is 0 Å². The van der Waals surface area contributed by atoms with E-state index in [9.17, 15) is 9.90 Å². The van der Waals surface area contributed by atoms with Gasteiger partial charge in [-0.1, -0.05) is 34.6 Å². The number of piperidine rings is 1. The number of hydrogen-bond acceptors (Lipinski definition) is 2. The normalized spacial score (nSPS) is 18.9. The number of rotatable bonds is 5. The topological polar surface area (TPSA) is 52.6 Å². The largest absolute Gasteiger partial charge is 0.396 e. The lowest BCUT2D eigenvalue weighted by molar-refractivity contribution is 0.129. The Hall–Kier alpha value is -0.770. The van der Waals surface area contributed by atoms with Crippen LogP contribution < -0.4 is 5.32 Å². The molecule has 0 radical (unpaired) electrons. The summed E-state index contributed by atoms with van der Waals surface area (Å²) < 4.78 is 0. The fourth-order valence-electron chi connectivity index (χ4n) is 2.78. The third kappa shape index (κ3) is 6.25. The third-order valence-corrected chi connectivity index (χ3v) is 4.54. The molecule has 21 heavy (non-hydrogen) atoms. The summed E-state index contributed by atoms with van der Waals surface area (Å²) in [5, 5.41) is 12.4. The van der Waals surface area contributed by atoms with Crippen LogP contribution in [0, 0.1) is 17.3 Å². The summed E-state index contributed by atoms with van der Waals surface area (Å²) in [7, 11) is 0. The van der Waals surface area contributed by atoms with Gasteiger partial charge in [-0.15, -0.1) is 0 Å². The highest BCUT2D eigenvalue weighted by Crippen LogP contribution is 2.25. The molecule has 1 aliphatic heterocycles. The summed E-state index contributed by atoms with van der Waals surface area (Å²) >= 11 is 0. The minimum absolute atomic E-state index is 0.0649. The number of hydrogen-bond donors (Lipinski definition) is 2. The molecule has 4 nitrogen and oxygen atoms in total. The van der Waals surface area contributed by atoms with Crippen LogP contribution in [0.25, 0.3) is 0 Å². The van der Waals surface area contributed by atoms with Crippen LogP contribution in [0.1, 0.15) is 60.3 Å². The molecule has 2 amide bonds. The quantitative estimate of drug-likeness (QED) is 0.818. The van der Waals surface area contributed by atoms with Gasteiger partial charge >= 0.3 is 6.03 Å². The van der Waals surface area contributed by atoms with Crippen molar-refractivity contribution in [1.82, 2.24) is 10.2 Å². The Balaban J connectivity index is 2.52. The Bertz CT molecular complexity index is 315. The number of urea groups is 1. The number of carbonyl (C=O) groups excluding carboxylic acids is 1. The predicted molar refractivity (Wildman–Crippen MR) is 87.2 cm³/mol. The van der Waals surface area contributed by atoms with Crippen molar-refractivity contribution in [2.75, 3.05) is 19.7 Å². The standard InChI is InChI=1S/C17H34N2O2/c1-13(2)6-7-15(17(3,4)5)18-16(21)19-10-8-14(12-20)9-11-19/h13-15,20H,6-12H2,1-5H3,(H,18,21). The molecule has 1 saturated heterocycles. The number of aliphatic hydroxyl groups is 1. The van der Waals surface area contributed by atoms with Crippen LogP contribution in [-0.2, 0) is 0 Å². The molecule has 124 valence electrons. The Morgan fingerprint density at radius 1 is 1.24 bits per heavy atom. The van der Waals surface area contributed by atoms with Gasteiger partial charge in [-0.25, -0.2) is 4.79 Å². The van der Waals surface area contributed by atoms with E-state index in [0.717, 1.165) is 38.8 Å². The van der Waals surface area contributed by atoms with E-state index >= 15 is 0 Å². The van der Waals surface area contributed by atoms with Gasteiger partial charge in [-0.2, -0.15) is 0 Å². The zero-order valence-corrected chi connectivity index (χ0v) is 14.5. The van der Waals surface area contributed by atoms with Crippen molar-refractivity contribution in [3.8, 4) is 0 Å². The highest BCUT2D eigenvalue weighted by molar-refractivity contribution is 5.74. The van der Waals surface area contributed by atoms with E-state index in [1.54, 1.807) is 0 Å². The van der Waals surface area contributed by atoms with Crippen molar-refractivity contribution < 1.29 is 9.90 Å². The van der Waals surface area contributed by atoms with Crippen LogP contribution in [0.2, 0.25) is 0 Å². The van der Waals surface area contributed by atoms with Gasteiger partial charge in [0.1, 0.15) is 0 Å². The molecule has 1 atom stereocenters. The van der Waals surface area contributed by atoms with Gasteiger partial charge in [0.2, 0.25) is 0 Å². The second kappa shape index (κ2) is 8.02. The second-order valence-corrected chi connectivity index (χ2v) is 7.95. The molecule has 0 aliphatic carbocycles. The maximum absolute atomic E-state index is 12.4. The predicted octanol–water partition coefficient (Wildman–Crippen LogP) is 3.25. The number of likely N-dealkylation sites (tertiary alicyclic amines) is 1. The molecule has 1 unspecified atom stereocenters. The van der Waals surface area contributed by atoms with Gasteiger partial charge < -0.3 is 15.3 Å². The molecular formula is C17H34N2O2. The van der Waals surface area contributed by atoms with Crippen LogP contribution in [-0.4, -0.2) is 41.8 Å². The molecule has 1 rings (SSSR count). The van der Waals surface area contributed by atoms with Crippen LogP contribution >= 0.6 is 0 Å². The molecule has 4 heteroatoms. The molecule has 0 bridgehead atoms. The first-order valence-electron chi connectivity index (χ1n) is 8.40. The number of nitrogens with one attached hydrogen (secondary N) is 1. The first-order valence-corrected chi connectivity index (χ1v) is 8.40. The number of carbonyl (C=O) groups is 1. The van der Waals surface area contributed by atoms with E-state index in [-0.39, 0.29) is 24.1 Å². The Morgan fingerprint density at radius 2 is 1.81 bits per heavy atom. The van der Waals surface area contributed by atoms with Gasteiger partial charge in [-0.3, -0.25) is 0 Å². The lowest BCUT2D eigenvalue weighted by Gasteiger charge is -2.36. The molecule has 2 N–H and O–H groups in total. The monoisotopic (exact) mass is 298 g/mol. The van der Waals surface area contributed by atoms with Gasteiger partial charge in [0.05, 0.1) is 0 Å². The van der Waals surface area contributed by atoms with Gasteiger partial charge in [0.15, 0.2) is 0 Å². The van der Waals surface area contributed by atoms with E-state index in [1.165, 1.54) is 0 Å². The highest BCUT2D eigenvalue weighted by atomic mass is 16.3. The average Bonchev–Trinajstić information content (AvgIpc) is 2.41. The minimum Gasteiger partial charge on any atom is -0.396 e. The lowest BCUT2D eigenvalue weighted by atomic mass is 9.83. The summed E-state index contributed by atoms with van der Waals surface area (Å²) in [5.41, 5.74) is 0.0774. The number of aliphatic hydroxyl groups excluding tert-OH is 1. The van der Waals surface area contributed by atoms with E-state index in [2.05, 4.69) is 39.9 Å². The Morgan fingerprint density at radius 3 is 2.24 bits per heavy atom. The first-order chi connectivity index (χ1) is 9.74. The van der Waals surface area contributed by atoms with Crippen LogP contribution in [0.3, 0.4) is 0 Å². The lowest BCUT2D eigenvalue weighted by Crippen LogP contribution is -2.51. The van der Waals surface area contributed by atoms with Crippen LogP contribution in [0.4, 0.5) is 4.79 Å². The molecule has 1 aliphatic rings. The van der Waals surface area contributed by atoms with E-state index in [0.29, 0.717) is 11.8 Å². The summed E-state index contributed by atoms with van der Waals surface area (Å²) in [6.45, 7) is 12.8. The fourth-order valence-corrected chi connectivity index (χ4v) is 2.78. The van der Waals surface area contributed by atoms with E-state index in [4.69, 9.17) is 0 Å². The van der Waals surface area contributed by atoms with Gasteiger partial charge in [-0.05, 0) is 42.9 Å². The molecule has 1 fully saturated rings. The van der Waals surface area contributed by atoms with Crippen molar-refractivity contribution in [2.45, 2.75) is 66.3 Å². The zero-order valence-electron chi connectivity index (χ0n) is 14.5. The highest BCUT2D eigenvalue weighted by Gasteiger charge is 2.29. The Kier molecular flexibility index (Phi) is 6.98. The summed E-state index contributed by atoms with van der Waals surface area (Å²) in [6.07, 6.45) is 3.99. The van der Waals surface area contributed by atoms with Crippen LogP contribution in [0.15, 0.2) is 0 Å². The average molecular weight is 298 g/mol. The van der Waals surface area contributed by atoms with Crippen molar-refractivity contribution in [1.29, 1.82) is 0 Å². The van der Waals surface area contributed by atoms with Crippen molar-refractivity contribution in [3.63, 3.8) is 0 Å². The van der Waals surface area contributed by atoms with Crippen LogP contribution in [0.5, 0.6) is 0 Å². The van der Waals surface area contributed by atoms with Crippen molar-refractivity contribution >= 4 is 6.03 Å². The maximum atomic E-state index is 12.4. The smallest absolute Gasteiger partial charge is 0.317 e. The minimum atomic E-state index is 0.0649. The number of amides is 2. The summed E-state index contributed by atoms with van der Waals surface area (Å²) in [5.74, 6) is 1.03. The molecule has 0 spiro atoms. The molecule has 0 aromatic heterocycles. The molecular weight excluding hydrogens is 264 g/mol. The SMILES string of the molecule is CC(C)CCC(NC(=O)N1CCC(CO)CC1)C(C)(C)C. The molecule has 1 heterocycles. The fraction of sp³-hybridized carbons (Fsp3) is 0.941. The molecule has 0 aromatic carbocycles. The molecule has 0 aromatic rings. The first kappa shape index (κ1) is 18.3. The van der Waals surface area contributed by atoms with Gasteiger partial charge in [0, 0.05) is 25.7 Å². The zero-order chi connectivity index (χ0) is 16.0. The maximum Gasteiger partial charge on any atom is 0.317 e. The summed E-state index contributed by atoms with van der Waals surface area (Å²) in [4.78, 5) is 14.4. The van der Waals surface area contributed by atoms with E-state index in [1.807, 2.05) is 4.90 Å². The molecule has 0 saturated carbocycles. The Labute approximate surface area is 130 Å². The van der Waals surface area contributed by atoms with Gasteiger partial charge in [0.25, 0.3) is 0 Å². The van der Waals surface area contributed by atoms with Crippen molar-refractivity contribution in [3.05, 3.63) is 0 Å².